The van der Waals surface area contributed by atoms with Crippen LogP contribution in [-0.4, -0.2) is 18.0 Å². The van der Waals surface area contributed by atoms with E-state index >= 15 is 0 Å². The van der Waals surface area contributed by atoms with Gasteiger partial charge in [0.1, 0.15) is 5.75 Å². The highest BCUT2D eigenvalue weighted by Crippen LogP contribution is 2.27. The maximum absolute atomic E-state index is 12.0. The summed E-state index contributed by atoms with van der Waals surface area (Å²) in [5.74, 6) is 0.531. The van der Waals surface area contributed by atoms with Gasteiger partial charge in [-0.2, -0.15) is 0 Å². The molecule has 2 aromatic carbocycles. The number of aromatic nitrogens is 1. The van der Waals surface area contributed by atoms with Crippen molar-refractivity contribution in [3.63, 3.8) is 0 Å². The van der Waals surface area contributed by atoms with E-state index in [1.807, 2.05) is 41.8 Å². The van der Waals surface area contributed by atoms with Gasteiger partial charge in [-0.15, -0.1) is 11.3 Å². The summed E-state index contributed by atoms with van der Waals surface area (Å²) in [4.78, 5) is 16.5. The van der Waals surface area contributed by atoms with Crippen molar-refractivity contribution in [2.45, 2.75) is 0 Å². The lowest BCUT2D eigenvalue weighted by atomic mass is 10.2. The molecule has 0 atom stereocenters. The average molecular weight is 371 g/mol. The Kier molecular flexibility index (Phi) is 5.48. The summed E-state index contributed by atoms with van der Waals surface area (Å²) in [5.41, 5.74) is 2.63. The largest absolute Gasteiger partial charge is 0.497 e. The summed E-state index contributed by atoms with van der Waals surface area (Å²) in [5, 5.41) is 5.87. The van der Waals surface area contributed by atoms with Gasteiger partial charge in [0.15, 0.2) is 5.13 Å². The first-order valence-corrected chi connectivity index (χ1v) is 8.74. The molecule has 0 unspecified atom stereocenters. The fraction of sp³-hybridized carbons (Fsp3) is 0.0526. The summed E-state index contributed by atoms with van der Waals surface area (Å²) in [6.07, 6.45) is 3.19. The number of halogens is 1. The minimum Gasteiger partial charge on any atom is -0.497 e. The highest BCUT2D eigenvalue weighted by Gasteiger charge is 2.07. The molecule has 1 aromatic heterocycles. The molecule has 0 fully saturated rings. The Morgan fingerprint density at radius 3 is 2.80 bits per heavy atom. The van der Waals surface area contributed by atoms with Crippen molar-refractivity contribution in [2.24, 2.45) is 0 Å². The van der Waals surface area contributed by atoms with Crippen molar-refractivity contribution >= 4 is 40.1 Å². The molecule has 3 aromatic rings. The molecule has 0 spiro atoms. The number of amides is 1. The Hall–Kier alpha value is -2.63. The predicted octanol–water partition coefficient (Wildman–Crippen LogP) is 5.12. The van der Waals surface area contributed by atoms with Crippen molar-refractivity contribution in [1.29, 1.82) is 0 Å². The predicted molar refractivity (Wildman–Crippen MR) is 103 cm³/mol. The Balaban J connectivity index is 1.66. The number of methoxy groups -OCH3 is 1. The van der Waals surface area contributed by atoms with E-state index in [0.29, 0.717) is 10.2 Å². The molecule has 0 bridgehead atoms. The first-order chi connectivity index (χ1) is 12.1. The lowest BCUT2D eigenvalue weighted by molar-refractivity contribution is -0.111. The van der Waals surface area contributed by atoms with Gasteiger partial charge in [-0.25, -0.2) is 4.98 Å². The van der Waals surface area contributed by atoms with Crippen molar-refractivity contribution in [3.8, 4) is 17.0 Å². The zero-order valence-corrected chi connectivity index (χ0v) is 15.0. The van der Waals surface area contributed by atoms with E-state index in [9.17, 15) is 4.79 Å². The molecule has 4 nitrogen and oxygen atoms in total. The number of carbonyl (C=O) groups is 1. The Morgan fingerprint density at radius 1 is 1.24 bits per heavy atom. The molecule has 3 rings (SSSR count). The Morgan fingerprint density at radius 2 is 2.04 bits per heavy atom. The van der Waals surface area contributed by atoms with Crippen molar-refractivity contribution in [3.05, 3.63) is 70.6 Å². The summed E-state index contributed by atoms with van der Waals surface area (Å²) < 4.78 is 5.22. The minimum absolute atomic E-state index is 0.235. The molecule has 1 N–H and O–H groups in total. The molecular formula is C19H15ClN2O2S. The Bertz CT molecular complexity index is 904. The monoisotopic (exact) mass is 370 g/mol. The van der Waals surface area contributed by atoms with Gasteiger partial charge in [0.25, 0.3) is 0 Å². The number of hydrogen-bond acceptors (Lipinski definition) is 4. The molecule has 1 heterocycles. The number of anilines is 1. The van der Waals surface area contributed by atoms with Crippen LogP contribution in [-0.2, 0) is 4.79 Å². The third-order valence-electron chi connectivity index (χ3n) is 3.40. The standard InChI is InChI=1S/C19H15ClN2O2S/c1-24-16-4-2-3-14(11-16)17-12-25-19(21-17)22-18(23)10-7-13-5-8-15(20)9-6-13/h2-12H,1H3,(H,21,22,23). The fourth-order valence-corrected chi connectivity index (χ4v) is 2.99. The van der Waals surface area contributed by atoms with Crippen molar-refractivity contribution in [2.75, 3.05) is 12.4 Å². The highest BCUT2D eigenvalue weighted by atomic mass is 35.5. The van der Waals surface area contributed by atoms with Gasteiger partial charge in [0.05, 0.1) is 12.8 Å². The van der Waals surface area contributed by atoms with Crippen LogP contribution in [0.5, 0.6) is 5.75 Å². The van der Waals surface area contributed by atoms with Crippen LogP contribution in [0.2, 0.25) is 5.02 Å². The highest BCUT2D eigenvalue weighted by molar-refractivity contribution is 7.14. The van der Waals surface area contributed by atoms with E-state index in [1.165, 1.54) is 17.4 Å². The number of nitrogens with zero attached hydrogens (tertiary/aromatic N) is 1. The second kappa shape index (κ2) is 7.96. The zero-order valence-electron chi connectivity index (χ0n) is 13.4. The molecule has 0 aliphatic carbocycles. The van der Waals surface area contributed by atoms with Crippen LogP contribution in [0.1, 0.15) is 5.56 Å². The van der Waals surface area contributed by atoms with Crippen LogP contribution in [0.15, 0.2) is 60.0 Å². The minimum atomic E-state index is -0.235. The zero-order chi connectivity index (χ0) is 17.6. The topological polar surface area (TPSA) is 51.2 Å². The summed E-state index contributed by atoms with van der Waals surface area (Å²) in [6.45, 7) is 0. The number of ether oxygens (including phenoxy) is 1. The maximum atomic E-state index is 12.0. The van der Waals surface area contributed by atoms with E-state index in [1.54, 1.807) is 25.3 Å². The van der Waals surface area contributed by atoms with Crippen LogP contribution in [0.3, 0.4) is 0 Å². The molecule has 0 aliphatic rings. The molecule has 0 radical (unpaired) electrons. The van der Waals surface area contributed by atoms with E-state index < -0.39 is 0 Å². The molecular weight excluding hydrogens is 356 g/mol. The summed E-state index contributed by atoms with van der Waals surface area (Å²) >= 11 is 7.21. The van der Waals surface area contributed by atoms with Gasteiger partial charge in [-0.1, -0.05) is 35.9 Å². The smallest absolute Gasteiger partial charge is 0.250 e. The van der Waals surface area contributed by atoms with Crippen LogP contribution in [0.25, 0.3) is 17.3 Å². The molecule has 1 amide bonds. The lowest BCUT2D eigenvalue weighted by Crippen LogP contribution is -2.07. The first-order valence-electron chi connectivity index (χ1n) is 7.48. The molecule has 0 aliphatic heterocycles. The Labute approximate surface area is 154 Å². The van der Waals surface area contributed by atoms with Gasteiger partial charge in [-0.3, -0.25) is 10.1 Å². The summed E-state index contributed by atoms with van der Waals surface area (Å²) in [7, 11) is 1.62. The quantitative estimate of drug-likeness (QED) is 0.634. The number of nitrogens with one attached hydrogen (secondary N) is 1. The fourth-order valence-electron chi connectivity index (χ4n) is 2.14. The van der Waals surface area contributed by atoms with Crippen LogP contribution < -0.4 is 10.1 Å². The van der Waals surface area contributed by atoms with Gasteiger partial charge in [0, 0.05) is 22.0 Å². The van der Waals surface area contributed by atoms with E-state index in [0.717, 1.165) is 22.6 Å². The molecule has 0 saturated heterocycles. The van der Waals surface area contributed by atoms with Crippen LogP contribution in [0, 0.1) is 0 Å². The molecule has 25 heavy (non-hydrogen) atoms. The number of carbonyl (C=O) groups excluding carboxylic acids is 1. The normalized spacial score (nSPS) is 10.8. The van der Waals surface area contributed by atoms with Gasteiger partial charge < -0.3 is 4.74 Å². The molecule has 0 saturated carbocycles. The molecule has 126 valence electrons. The lowest BCUT2D eigenvalue weighted by Gasteiger charge is -2.01. The number of rotatable bonds is 5. The number of benzene rings is 2. The third kappa shape index (κ3) is 4.68. The third-order valence-corrected chi connectivity index (χ3v) is 4.41. The van der Waals surface area contributed by atoms with E-state index in [-0.39, 0.29) is 5.91 Å². The number of hydrogen-bond donors (Lipinski definition) is 1. The van der Waals surface area contributed by atoms with Crippen LogP contribution in [0.4, 0.5) is 5.13 Å². The number of thiazole rings is 1. The first kappa shape index (κ1) is 17.2. The van der Waals surface area contributed by atoms with Crippen molar-refractivity contribution in [1.82, 2.24) is 4.98 Å². The molecule has 6 heteroatoms. The van der Waals surface area contributed by atoms with Gasteiger partial charge in [-0.05, 0) is 35.9 Å². The van der Waals surface area contributed by atoms with E-state index in [2.05, 4.69) is 10.3 Å². The van der Waals surface area contributed by atoms with Crippen molar-refractivity contribution < 1.29 is 9.53 Å². The maximum Gasteiger partial charge on any atom is 0.250 e. The average Bonchev–Trinajstić information content (AvgIpc) is 3.10. The second-order valence-electron chi connectivity index (χ2n) is 5.14. The SMILES string of the molecule is COc1cccc(-c2csc(NC(=O)C=Cc3ccc(Cl)cc3)n2)c1. The van der Waals surface area contributed by atoms with Gasteiger partial charge in [0.2, 0.25) is 5.91 Å². The van der Waals surface area contributed by atoms with Gasteiger partial charge >= 0.3 is 0 Å². The second-order valence-corrected chi connectivity index (χ2v) is 6.44. The van der Waals surface area contributed by atoms with E-state index in [4.69, 9.17) is 16.3 Å². The summed E-state index contributed by atoms with van der Waals surface area (Å²) in [6, 6.07) is 14.9. The van der Waals surface area contributed by atoms with Crippen LogP contribution >= 0.6 is 22.9 Å².